The lowest BCUT2D eigenvalue weighted by molar-refractivity contribution is 0.294. The monoisotopic (exact) mass is 325 g/mol. The minimum atomic E-state index is -3.44. The average molecular weight is 325 g/mol. The molecule has 2 atom stereocenters. The van der Waals surface area contributed by atoms with Gasteiger partial charge in [0.15, 0.2) is 0 Å². The zero-order valence-corrected chi connectivity index (χ0v) is 14.7. The van der Waals surface area contributed by atoms with Crippen molar-refractivity contribution < 1.29 is 8.42 Å². The molecule has 1 aromatic carbocycles. The van der Waals surface area contributed by atoms with Crippen LogP contribution in [-0.4, -0.2) is 51.4 Å². The number of hydrogen-bond acceptors (Lipinski definition) is 3. The zero-order chi connectivity index (χ0) is 16.3. The Bertz CT molecular complexity index is 570. The maximum absolute atomic E-state index is 12.5. The highest BCUT2D eigenvalue weighted by molar-refractivity contribution is 7.87. The van der Waals surface area contributed by atoms with Gasteiger partial charge in [-0.2, -0.15) is 12.7 Å². The van der Waals surface area contributed by atoms with Crippen molar-refractivity contribution in [1.29, 1.82) is 0 Å². The molecular weight excluding hydrogens is 298 g/mol. The van der Waals surface area contributed by atoms with Crippen LogP contribution in [0.1, 0.15) is 31.4 Å². The quantitative estimate of drug-likeness (QED) is 0.794. The van der Waals surface area contributed by atoms with Crippen molar-refractivity contribution >= 4 is 10.2 Å². The fourth-order valence-corrected chi connectivity index (χ4v) is 3.84. The molecule has 124 valence electrons. The first-order valence-electron chi connectivity index (χ1n) is 7.77. The summed E-state index contributed by atoms with van der Waals surface area (Å²) in [6.07, 6.45) is 2.26. The van der Waals surface area contributed by atoms with Crippen LogP contribution < -0.4 is 4.72 Å². The van der Waals surface area contributed by atoms with Gasteiger partial charge < -0.3 is 4.90 Å². The Morgan fingerprint density at radius 3 is 2.27 bits per heavy atom. The molecule has 0 unspecified atom stereocenters. The van der Waals surface area contributed by atoms with E-state index in [0.717, 1.165) is 18.4 Å². The molecule has 1 fully saturated rings. The van der Waals surface area contributed by atoms with Gasteiger partial charge in [-0.15, -0.1) is 0 Å². The summed E-state index contributed by atoms with van der Waals surface area (Å²) in [7, 11) is 2.14. The second-order valence-electron chi connectivity index (χ2n) is 6.34. The molecular formula is C16H27N3O2S. The minimum Gasteiger partial charge on any atom is -0.301 e. The maximum atomic E-state index is 12.5. The largest absolute Gasteiger partial charge is 0.301 e. The molecule has 0 amide bonds. The molecule has 22 heavy (non-hydrogen) atoms. The summed E-state index contributed by atoms with van der Waals surface area (Å²) in [6.45, 7) is 2.35. The molecule has 0 heterocycles. The Balaban J connectivity index is 2.02. The molecule has 0 spiro atoms. The molecule has 0 radical (unpaired) electrons. The van der Waals surface area contributed by atoms with E-state index in [0.29, 0.717) is 12.5 Å². The lowest BCUT2D eigenvalue weighted by atomic mass is 10.1. The highest BCUT2D eigenvalue weighted by Gasteiger charge is 2.35. The summed E-state index contributed by atoms with van der Waals surface area (Å²) < 4.78 is 29.2. The fraction of sp³-hybridized carbons (Fsp3) is 0.625. The first-order valence-corrected chi connectivity index (χ1v) is 9.21. The molecule has 1 aliphatic carbocycles. The van der Waals surface area contributed by atoms with Gasteiger partial charge in [0.05, 0.1) is 0 Å². The third-order valence-electron chi connectivity index (χ3n) is 4.52. The molecule has 0 bridgehead atoms. The van der Waals surface area contributed by atoms with Gasteiger partial charge >= 0.3 is 0 Å². The van der Waals surface area contributed by atoms with Gasteiger partial charge in [0.2, 0.25) is 0 Å². The van der Waals surface area contributed by atoms with E-state index in [1.165, 1.54) is 4.31 Å². The van der Waals surface area contributed by atoms with Gasteiger partial charge in [0.1, 0.15) is 0 Å². The molecule has 1 N–H and O–H groups in total. The molecule has 5 nitrogen and oxygen atoms in total. The van der Waals surface area contributed by atoms with Gasteiger partial charge in [-0.3, -0.25) is 0 Å². The average Bonchev–Trinajstić information content (AvgIpc) is 3.31. The summed E-state index contributed by atoms with van der Waals surface area (Å²) in [4.78, 5) is 2.03. The van der Waals surface area contributed by atoms with Crippen LogP contribution in [0.2, 0.25) is 0 Å². The van der Waals surface area contributed by atoms with E-state index < -0.39 is 10.2 Å². The van der Waals surface area contributed by atoms with E-state index in [4.69, 9.17) is 0 Å². The van der Waals surface area contributed by atoms with Crippen LogP contribution in [0.4, 0.5) is 0 Å². The van der Waals surface area contributed by atoms with Crippen molar-refractivity contribution in [3.05, 3.63) is 35.9 Å². The van der Waals surface area contributed by atoms with Crippen molar-refractivity contribution in [2.24, 2.45) is 5.92 Å². The lowest BCUT2D eigenvalue weighted by Crippen LogP contribution is -2.46. The number of nitrogens with zero attached hydrogens (tertiary/aromatic N) is 2. The van der Waals surface area contributed by atoms with Crippen LogP contribution in [0, 0.1) is 5.92 Å². The molecule has 0 aromatic heterocycles. The smallest absolute Gasteiger partial charge is 0.279 e. The standard InChI is InChI=1S/C16H27N3O2S/c1-13(14-10-11-14)19(4)22(20,21)17-12-16(18(2)3)15-8-6-5-7-9-15/h5-9,13-14,16-17H,10-12H2,1-4H3/t13-,16-/m1/s1. The number of likely N-dealkylation sites (N-methyl/N-ethyl adjacent to an activating group) is 1. The molecule has 0 saturated heterocycles. The van der Waals surface area contributed by atoms with E-state index >= 15 is 0 Å². The van der Waals surface area contributed by atoms with Crippen LogP contribution in [0.3, 0.4) is 0 Å². The van der Waals surface area contributed by atoms with Crippen molar-refractivity contribution in [1.82, 2.24) is 13.9 Å². The third kappa shape index (κ3) is 4.29. The summed E-state index contributed by atoms with van der Waals surface area (Å²) >= 11 is 0. The summed E-state index contributed by atoms with van der Waals surface area (Å²) in [5, 5.41) is 0. The van der Waals surface area contributed by atoms with Crippen molar-refractivity contribution in [3.8, 4) is 0 Å². The molecule has 1 saturated carbocycles. The van der Waals surface area contributed by atoms with Crippen molar-refractivity contribution in [2.45, 2.75) is 31.8 Å². The second-order valence-corrected chi connectivity index (χ2v) is 8.15. The topological polar surface area (TPSA) is 52.7 Å². The van der Waals surface area contributed by atoms with Crippen LogP contribution >= 0.6 is 0 Å². The van der Waals surface area contributed by atoms with Crippen LogP contribution in [0.25, 0.3) is 0 Å². The molecule has 0 aliphatic heterocycles. The van der Waals surface area contributed by atoms with E-state index in [-0.39, 0.29) is 12.1 Å². The minimum absolute atomic E-state index is 0.0145. The van der Waals surface area contributed by atoms with E-state index in [1.807, 2.05) is 56.3 Å². The first-order chi connectivity index (χ1) is 10.3. The predicted molar refractivity (Wildman–Crippen MR) is 89.7 cm³/mol. The van der Waals surface area contributed by atoms with Crippen LogP contribution in [0.15, 0.2) is 30.3 Å². The Morgan fingerprint density at radius 2 is 1.77 bits per heavy atom. The normalized spacial score (nSPS) is 18.6. The second kappa shape index (κ2) is 7.08. The van der Waals surface area contributed by atoms with E-state index in [1.54, 1.807) is 7.05 Å². The summed E-state index contributed by atoms with van der Waals surface area (Å²) in [6, 6.07) is 10.0. The Kier molecular flexibility index (Phi) is 5.60. The van der Waals surface area contributed by atoms with E-state index in [2.05, 4.69) is 4.72 Å². The maximum Gasteiger partial charge on any atom is 0.279 e. The molecule has 1 aliphatic rings. The first kappa shape index (κ1) is 17.4. The van der Waals surface area contributed by atoms with Gasteiger partial charge in [-0.25, -0.2) is 4.72 Å². The Morgan fingerprint density at radius 1 is 1.18 bits per heavy atom. The number of rotatable bonds is 8. The Hall–Kier alpha value is -0.950. The van der Waals surface area contributed by atoms with Crippen LogP contribution in [0.5, 0.6) is 0 Å². The van der Waals surface area contributed by atoms with Crippen molar-refractivity contribution in [2.75, 3.05) is 27.7 Å². The lowest BCUT2D eigenvalue weighted by Gasteiger charge is -2.28. The highest BCUT2D eigenvalue weighted by Crippen LogP contribution is 2.35. The highest BCUT2D eigenvalue weighted by atomic mass is 32.2. The summed E-state index contributed by atoms with van der Waals surface area (Å²) in [5.41, 5.74) is 1.10. The third-order valence-corrected chi connectivity index (χ3v) is 6.15. The van der Waals surface area contributed by atoms with Gasteiger partial charge in [0.25, 0.3) is 10.2 Å². The SMILES string of the molecule is C[C@H](C1CC1)N(C)S(=O)(=O)NC[C@H](c1ccccc1)N(C)C. The zero-order valence-electron chi connectivity index (χ0n) is 13.9. The van der Waals surface area contributed by atoms with E-state index in [9.17, 15) is 8.42 Å². The van der Waals surface area contributed by atoms with Crippen molar-refractivity contribution in [3.63, 3.8) is 0 Å². The molecule has 1 aromatic rings. The van der Waals surface area contributed by atoms with Gasteiger partial charge in [-0.1, -0.05) is 30.3 Å². The Labute approximate surface area is 134 Å². The van der Waals surface area contributed by atoms with Crippen LogP contribution in [-0.2, 0) is 10.2 Å². The fourth-order valence-electron chi connectivity index (χ4n) is 2.65. The predicted octanol–water partition coefficient (Wildman–Crippen LogP) is 1.85. The molecule has 6 heteroatoms. The molecule has 2 rings (SSSR count). The number of hydrogen-bond donors (Lipinski definition) is 1. The number of nitrogens with one attached hydrogen (secondary N) is 1. The van der Waals surface area contributed by atoms with Gasteiger partial charge in [0, 0.05) is 25.7 Å². The number of benzene rings is 1. The summed E-state index contributed by atoms with van der Waals surface area (Å²) in [5.74, 6) is 0.514. The van der Waals surface area contributed by atoms with Gasteiger partial charge in [-0.05, 0) is 45.3 Å².